The van der Waals surface area contributed by atoms with E-state index in [4.69, 9.17) is 11.6 Å². The van der Waals surface area contributed by atoms with Crippen LogP contribution in [-0.4, -0.2) is 27.9 Å². The Morgan fingerprint density at radius 1 is 1.45 bits per heavy atom. The average Bonchev–Trinajstić information content (AvgIpc) is 2.90. The third-order valence-corrected chi connectivity index (χ3v) is 5.26. The summed E-state index contributed by atoms with van der Waals surface area (Å²) in [5.74, 6) is 0.00234. The summed E-state index contributed by atoms with van der Waals surface area (Å²) in [5.41, 5.74) is 1.89. The Morgan fingerprint density at radius 3 is 2.91 bits per heavy atom. The first-order valence-electron chi connectivity index (χ1n) is 6.80. The molecular formula is C14H17ClN4OS2. The van der Waals surface area contributed by atoms with Crippen molar-refractivity contribution in [1.82, 2.24) is 15.5 Å². The number of aromatic nitrogens is 2. The quantitative estimate of drug-likeness (QED) is 0.769. The molecule has 0 radical (unpaired) electrons. The first kappa shape index (κ1) is 17.1. The van der Waals surface area contributed by atoms with Gasteiger partial charge in [-0.05, 0) is 38.5 Å². The van der Waals surface area contributed by atoms with Crippen LogP contribution in [0, 0.1) is 6.92 Å². The molecule has 0 aliphatic carbocycles. The Balaban J connectivity index is 1.99. The van der Waals surface area contributed by atoms with Crippen molar-refractivity contribution in [2.75, 3.05) is 11.9 Å². The number of nitrogens with zero attached hydrogens (tertiary/aromatic N) is 2. The number of nitrogens with one attached hydrogen (secondary N) is 2. The number of aryl methyl sites for hydroxylation is 1. The molecule has 5 nitrogen and oxygen atoms in total. The Bertz CT molecular complexity index is 662. The molecule has 0 aliphatic rings. The van der Waals surface area contributed by atoms with E-state index in [1.807, 2.05) is 39.0 Å². The van der Waals surface area contributed by atoms with Crippen molar-refractivity contribution < 1.29 is 4.79 Å². The van der Waals surface area contributed by atoms with E-state index < -0.39 is 0 Å². The average molecular weight is 357 g/mol. The first-order valence-corrected chi connectivity index (χ1v) is 8.88. The van der Waals surface area contributed by atoms with E-state index in [-0.39, 0.29) is 11.2 Å². The molecule has 1 aromatic heterocycles. The Morgan fingerprint density at radius 2 is 2.23 bits per heavy atom. The molecule has 22 heavy (non-hydrogen) atoms. The summed E-state index contributed by atoms with van der Waals surface area (Å²) in [5, 5.41) is 15.3. The first-order chi connectivity index (χ1) is 10.5. The standard InChI is InChI=1S/C14H17ClN4OS2/c1-4-16-12(20)9(3)21-14-19-18-13(22-14)17-10-6-5-8(2)11(15)7-10/h5-7,9H,4H2,1-3H3,(H,16,20)(H,17,18). The van der Waals surface area contributed by atoms with Gasteiger partial charge in [0, 0.05) is 17.3 Å². The minimum Gasteiger partial charge on any atom is -0.355 e. The van der Waals surface area contributed by atoms with Crippen LogP contribution in [0.2, 0.25) is 5.02 Å². The van der Waals surface area contributed by atoms with E-state index in [0.717, 1.165) is 15.6 Å². The van der Waals surface area contributed by atoms with Gasteiger partial charge in [0.2, 0.25) is 11.0 Å². The number of amides is 1. The van der Waals surface area contributed by atoms with E-state index in [9.17, 15) is 4.79 Å². The summed E-state index contributed by atoms with van der Waals surface area (Å²) in [6.07, 6.45) is 0. The molecule has 1 atom stereocenters. The molecule has 0 fully saturated rings. The van der Waals surface area contributed by atoms with E-state index in [1.165, 1.54) is 23.1 Å². The highest BCUT2D eigenvalue weighted by Crippen LogP contribution is 2.31. The van der Waals surface area contributed by atoms with Gasteiger partial charge in [-0.3, -0.25) is 4.79 Å². The van der Waals surface area contributed by atoms with Crippen LogP contribution >= 0.6 is 34.7 Å². The molecule has 0 spiro atoms. The highest BCUT2D eigenvalue weighted by atomic mass is 35.5. The summed E-state index contributed by atoms with van der Waals surface area (Å²) in [4.78, 5) is 11.7. The summed E-state index contributed by atoms with van der Waals surface area (Å²) in [6, 6.07) is 5.73. The summed E-state index contributed by atoms with van der Waals surface area (Å²) < 4.78 is 0.750. The number of anilines is 2. The second kappa shape index (κ2) is 7.80. The second-order valence-electron chi connectivity index (χ2n) is 4.62. The molecule has 118 valence electrons. The van der Waals surface area contributed by atoms with Crippen molar-refractivity contribution in [3.63, 3.8) is 0 Å². The van der Waals surface area contributed by atoms with E-state index in [2.05, 4.69) is 20.8 Å². The zero-order valence-corrected chi connectivity index (χ0v) is 14.9. The van der Waals surface area contributed by atoms with Crippen LogP contribution in [-0.2, 0) is 4.79 Å². The fourth-order valence-corrected chi connectivity index (χ4v) is 3.75. The van der Waals surface area contributed by atoms with Crippen molar-refractivity contribution in [3.8, 4) is 0 Å². The van der Waals surface area contributed by atoms with Crippen LogP contribution in [0.15, 0.2) is 22.5 Å². The molecule has 0 bridgehead atoms. The number of carbonyl (C=O) groups is 1. The predicted octanol–water partition coefficient (Wildman–Crippen LogP) is 3.86. The van der Waals surface area contributed by atoms with Gasteiger partial charge < -0.3 is 10.6 Å². The summed E-state index contributed by atoms with van der Waals surface area (Å²) in [6.45, 7) is 6.33. The van der Waals surface area contributed by atoms with Gasteiger partial charge in [-0.15, -0.1) is 10.2 Å². The van der Waals surface area contributed by atoms with Gasteiger partial charge in [0.25, 0.3) is 0 Å². The largest absolute Gasteiger partial charge is 0.355 e. The zero-order chi connectivity index (χ0) is 16.1. The third-order valence-electron chi connectivity index (χ3n) is 2.83. The van der Waals surface area contributed by atoms with Crippen LogP contribution in [0.1, 0.15) is 19.4 Å². The lowest BCUT2D eigenvalue weighted by Crippen LogP contribution is -2.30. The van der Waals surface area contributed by atoms with E-state index >= 15 is 0 Å². The number of hydrogen-bond acceptors (Lipinski definition) is 6. The smallest absolute Gasteiger partial charge is 0.233 e. The fraction of sp³-hybridized carbons (Fsp3) is 0.357. The molecule has 8 heteroatoms. The van der Waals surface area contributed by atoms with Crippen LogP contribution in [0.4, 0.5) is 10.8 Å². The van der Waals surface area contributed by atoms with E-state index in [0.29, 0.717) is 16.7 Å². The highest BCUT2D eigenvalue weighted by molar-refractivity contribution is 8.02. The zero-order valence-electron chi connectivity index (χ0n) is 12.5. The predicted molar refractivity (Wildman–Crippen MR) is 93.4 cm³/mol. The maximum absolute atomic E-state index is 11.7. The number of hydrogen-bond donors (Lipinski definition) is 2. The summed E-state index contributed by atoms with van der Waals surface area (Å²) >= 11 is 8.90. The SMILES string of the molecule is CCNC(=O)C(C)Sc1nnc(Nc2ccc(C)c(Cl)c2)s1. The topological polar surface area (TPSA) is 66.9 Å². The third kappa shape index (κ3) is 4.59. The van der Waals surface area contributed by atoms with Crippen molar-refractivity contribution >= 4 is 51.4 Å². The molecule has 2 N–H and O–H groups in total. The molecule has 1 amide bonds. The van der Waals surface area contributed by atoms with Crippen molar-refractivity contribution in [2.45, 2.75) is 30.4 Å². The number of carbonyl (C=O) groups excluding carboxylic acids is 1. The Kier molecular flexibility index (Phi) is 6.05. The van der Waals surface area contributed by atoms with Gasteiger partial charge in [0.05, 0.1) is 5.25 Å². The molecule has 2 rings (SSSR count). The van der Waals surface area contributed by atoms with Crippen LogP contribution in [0.3, 0.4) is 0 Å². The lowest BCUT2D eigenvalue weighted by Gasteiger charge is -2.07. The van der Waals surface area contributed by atoms with Gasteiger partial charge in [-0.2, -0.15) is 0 Å². The van der Waals surface area contributed by atoms with Gasteiger partial charge in [0.1, 0.15) is 0 Å². The van der Waals surface area contributed by atoms with Crippen LogP contribution in [0.25, 0.3) is 0 Å². The number of benzene rings is 1. The molecular weight excluding hydrogens is 340 g/mol. The molecule has 0 saturated carbocycles. The van der Waals surface area contributed by atoms with Crippen molar-refractivity contribution in [3.05, 3.63) is 28.8 Å². The molecule has 1 aromatic carbocycles. The minimum atomic E-state index is -0.199. The fourth-order valence-electron chi connectivity index (χ4n) is 1.62. The van der Waals surface area contributed by atoms with Crippen molar-refractivity contribution in [1.29, 1.82) is 0 Å². The minimum absolute atomic E-state index is 0.00234. The Hall–Kier alpha value is -1.31. The van der Waals surface area contributed by atoms with Gasteiger partial charge >= 0.3 is 0 Å². The highest BCUT2D eigenvalue weighted by Gasteiger charge is 2.16. The lowest BCUT2D eigenvalue weighted by molar-refractivity contribution is -0.120. The van der Waals surface area contributed by atoms with Crippen LogP contribution < -0.4 is 10.6 Å². The van der Waals surface area contributed by atoms with E-state index in [1.54, 1.807) is 0 Å². The number of rotatable bonds is 6. The Labute approximate surface area is 142 Å². The number of thioether (sulfide) groups is 1. The molecule has 0 saturated heterocycles. The second-order valence-corrected chi connectivity index (χ2v) is 7.59. The molecule has 2 aromatic rings. The van der Waals surface area contributed by atoms with Gasteiger partial charge in [-0.25, -0.2) is 0 Å². The molecule has 1 heterocycles. The lowest BCUT2D eigenvalue weighted by atomic mass is 10.2. The maximum Gasteiger partial charge on any atom is 0.233 e. The number of halogens is 1. The van der Waals surface area contributed by atoms with Crippen molar-refractivity contribution in [2.24, 2.45) is 0 Å². The summed E-state index contributed by atoms with van der Waals surface area (Å²) in [7, 11) is 0. The normalized spacial score (nSPS) is 12.0. The monoisotopic (exact) mass is 356 g/mol. The molecule has 0 aliphatic heterocycles. The van der Waals surface area contributed by atoms with Gasteiger partial charge in [0.15, 0.2) is 4.34 Å². The maximum atomic E-state index is 11.7. The van der Waals surface area contributed by atoms with Gasteiger partial charge in [-0.1, -0.05) is 40.8 Å². The molecule has 1 unspecified atom stereocenters. The van der Waals surface area contributed by atoms with Crippen LogP contribution in [0.5, 0.6) is 0 Å².